The predicted molar refractivity (Wildman–Crippen MR) is 108 cm³/mol. The highest BCUT2D eigenvalue weighted by Gasteiger charge is 2.17. The smallest absolute Gasteiger partial charge is 0.274 e. The molecule has 0 atom stereocenters. The minimum atomic E-state index is -0.629. The van der Waals surface area contributed by atoms with Gasteiger partial charge in [0.05, 0.1) is 16.3 Å². The number of thioether (sulfide) groups is 1. The Hall–Kier alpha value is -2.97. The molecule has 142 valence electrons. The molecule has 0 aliphatic rings. The lowest BCUT2D eigenvalue weighted by molar-refractivity contribution is 0.102. The van der Waals surface area contributed by atoms with E-state index in [-0.39, 0.29) is 22.8 Å². The van der Waals surface area contributed by atoms with Crippen LogP contribution in [0.15, 0.2) is 59.8 Å². The average molecular weight is 417 g/mol. The highest BCUT2D eigenvalue weighted by atomic mass is 35.5. The second kappa shape index (κ2) is 8.81. The summed E-state index contributed by atoms with van der Waals surface area (Å²) in [6, 6.07) is 9.90. The van der Waals surface area contributed by atoms with E-state index in [1.54, 1.807) is 24.4 Å². The van der Waals surface area contributed by atoms with Crippen molar-refractivity contribution in [2.45, 2.75) is 4.90 Å². The van der Waals surface area contributed by atoms with Crippen LogP contribution in [0.3, 0.4) is 0 Å². The topological polar surface area (TPSA) is 84.0 Å². The molecule has 6 nitrogen and oxygen atoms in total. The van der Waals surface area contributed by atoms with Crippen molar-refractivity contribution in [1.29, 1.82) is 0 Å². The third kappa shape index (κ3) is 4.85. The molecule has 0 unspecified atom stereocenters. The van der Waals surface area contributed by atoms with E-state index in [1.807, 2.05) is 6.26 Å². The van der Waals surface area contributed by atoms with Crippen LogP contribution in [0.4, 0.5) is 15.9 Å². The lowest BCUT2D eigenvalue weighted by Gasteiger charge is -2.11. The maximum absolute atomic E-state index is 13.7. The van der Waals surface area contributed by atoms with Gasteiger partial charge < -0.3 is 10.6 Å². The van der Waals surface area contributed by atoms with E-state index in [9.17, 15) is 14.0 Å². The largest absolute Gasteiger partial charge is 0.320 e. The van der Waals surface area contributed by atoms with Gasteiger partial charge in [-0.1, -0.05) is 11.6 Å². The Labute approximate surface area is 169 Å². The standard InChI is InChI=1S/C19H14ClFN4O2S/c1-28-13-4-6-16(22-10-13)19(27)24-15-5-3-12(21)8-14(15)18(26)25-17-7-2-11(20)9-23-17/h2-10H,1H3,(H,24,27)(H,23,25,26). The van der Waals surface area contributed by atoms with Gasteiger partial charge in [-0.25, -0.2) is 14.4 Å². The molecule has 3 rings (SSSR count). The SMILES string of the molecule is CSc1ccc(C(=O)Nc2ccc(F)cc2C(=O)Nc2ccc(Cl)cn2)nc1. The Bertz CT molecular complexity index is 1010. The second-order valence-electron chi connectivity index (χ2n) is 5.54. The van der Waals surface area contributed by atoms with Crippen molar-refractivity contribution < 1.29 is 14.0 Å². The first-order valence-electron chi connectivity index (χ1n) is 8.00. The number of aromatic nitrogens is 2. The maximum Gasteiger partial charge on any atom is 0.274 e. The molecule has 0 aliphatic heterocycles. The zero-order chi connectivity index (χ0) is 20.1. The number of nitrogens with zero attached hydrogens (tertiary/aromatic N) is 2. The first-order valence-corrected chi connectivity index (χ1v) is 9.60. The summed E-state index contributed by atoms with van der Waals surface area (Å²) in [6.07, 6.45) is 4.84. The minimum absolute atomic E-state index is 0.0502. The highest BCUT2D eigenvalue weighted by Crippen LogP contribution is 2.20. The number of hydrogen-bond acceptors (Lipinski definition) is 5. The van der Waals surface area contributed by atoms with Crippen LogP contribution < -0.4 is 10.6 Å². The molecule has 2 N–H and O–H groups in total. The molecular weight excluding hydrogens is 403 g/mol. The van der Waals surface area contributed by atoms with Crippen molar-refractivity contribution in [1.82, 2.24) is 9.97 Å². The third-order valence-electron chi connectivity index (χ3n) is 3.65. The Kier molecular flexibility index (Phi) is 6.23. The van der Waals surface area contributed by atoms with Crippen molar-refractivity contribution >= 4 is 46.7 Å². The van der Waals surface area contributed by atoms with Crippen LogP contribution in [-0.2, 0) is 0 Å². The molecule has 28 heavy (non-hydrogen) atoms. The Morgan fingerprint density at radius 1 is 1.00 bits per heavy atom. The predicted octanol–water partition coefficient (Wildman–Crippen LogP) is 4.50. The zero-order valence-corrected chi connectivity index (χ0v) is 16.1. The second-order valence-corrected chi connectivity index (χ2v) is 6.86. The zero-order valence-electron chi connectivity index (χ0n) is 14.6. The fourth-order valence-electron chi connectivity index (χ4n) is 2.27. The van der Waals surface area contributed by atoms with Crippen LogP contribution in [0.5, 0.6) is 0 Å². The van der Waals surface area contributed by atoms with Crippen LogP contribution in [0.25, 0.3) is 0 Å². The monoisotopic (exact) mass is 416 g/mol. The molecule has 0 fully saturated rings. The van der Waals surface area contributed by atoms with Crippen molar-refractivity contribution in [3.8, 4) is 0 Å². The molecule has 1 aromatic carbocycles. The van der Waals surface area contributed by atoms with Crippen molar-refractivity contribution in [3.63, 3.8) is 0 Å². The summed E-state index contributed by atoms with van der Waals surface area (Å²) >= 11 is 7.27. The van der Waals surface area contributed by atoms with E-state index >= 15 is 0 Å². The van der Waals surface area contributed by atoms with Crippen LogP contribution in [-0.4, -0.2) is 28.0 Å². The number of benzene rings is 1. The number of hydrogen-bond donors (Lipinski definition) is 2. The van der Waals surface area contributed by atoms with Crippen LogP contribution in [0.1, 0.15) is 20.8 Å². The summed E-state index contributed by atoms with van der Waals surface area (Å²) in [5, 5.41) is 5.54. The quantitative estimate of drug-likeness (QED) is 0.598. The number of carbonyl (C=O) groups is 2. The van der Waals surface area contributed by atoms with Gasteiger partial charge in [0, 0.05) is 17.3 Å². The molecule has 0 radical (unpaired) electrons. The number of carbonyl (C=O) groups excluding carboxylic acids is 2. The van der Waals surface area contributed by atoms with E-state index in [2.05, 4.69) is 20.6 Å². The highest BCUT2D eigenvalue weighted by molar-refractivity contribution is 7.98. The van der Waals surface area contributed by atoms with Gasteiger partial charge >= 0.3 is 0 Å². The van der Waals surface area contributed by atoms with Gasteiger partial charge in [-0.05, 0) is 48.7 Å². The third-order valence-corrected chi connectivity index (χ3v) is 4.58. The van der Waals surface area contributed by atoms with E-state index in [4.69, 9.17) is 11.6 Å². The molecule has 0 spiro atoms. The molecule has 0 saturated heterocycles. The first kappa shape index (κ1) is 19.8. The van der Waals surface area contributed by atoms with Crippen molar-refractivity contribution in [3.05, 3.63) is 77.0 Å². The number of amides is 2. The molecular formula is C19H14ClFN4O2S. The number of pyridine rings is 2. The van der Waals surface area contributed by atoms with Gasteiger partial charge in [0.25, 0.3) is 11.8 Å². The number of rotatable bonds is 5. The molecule has 2 aromatic heterocycles. The summed E-state index contributed by atoms with van der Waals surface area (Å²) in [4.78, 5) is 33.9. The van der Waals surface area contributed by atoms with Crippen molar-refractivity contribution in [2.75, 3.05) is 16.9 Å². The van der Waals surface area contributed by atoms with E-state index in [0.717, 1.165) is 17.0 Å². The lowest BCUT2D eigenvalue weighted by atomic mass is 10.1. The van der Waals surface area contributed by atoms with Gasteiger partial charge in [0.15, 0.2) is 0 Å². The molecule has 0 aliphatic carbocycles. The summed E-state index contributed by atoms with van der Waals surface area (Å²) in [6.45, 7) is 0. The molecule has 2 heterocycles. The minimum Gasteiger partial charge on any atom is -0.320 e. The fraction of sp³-hybridized carbons (Fsp3) is 0.0526. The molecule has 0 bridgehead atoms. The Balaban J connectivity index is 1.82. The van der Waals surface area contributed by atoms with Gasteiger partial charge in [-0.3, -0.25) is 9.59 Å². The Morgan fingerprint density at radius 3 is 2.46 bits per heavy atom. The lowest BCUT2D eigenvalue weighted by Crippen LogP contribution is -2.19. The normalized spacial score (nSPS) is 10.4. The van der Waals surface area contributed by atoms with E-state index < -0.39 is 17.6 Å². The number of anilines is 2. The summed E-state index contributed by atoms with van der Waals surface area (Å²) in [5.41, 5.74) is 0.271. The van der Waals surface area contributed by atoms with E-state index in [1.165, 1.54) is 30.1 Å². The Morgan fingerprint density at radius 2 is 1.82 bits per heavy atom. The molecule has 9 heteroatoms. The van der Waals surface area contributed by atoms with Crippen LogP contribution in [0.2, 0.25) is 5.02 Å². The number of nitrogens with one attached hydrogen (secondary N) is 2. The molecule has 3 aromatic rings. The van der Waals surface area contributed by atoms with E-state index in [0.29, 0.717) is 5.02 Å². The van der Waals surface area contributed by atoms with Gasteiger partial charge in [0.1, 0.15) is 17.3 Å². The molecule has 0 saturated carbocycles. The summed E-state index contributed by atoms with van der Waals surface area (Å²) < 4.78 is 13.7. The maximum atomic E-state index is 13.7. The fourth-order valence-corrected chi connectivity index (χ4v) is 2.74. The summed E-state index contributed by atoms with van der Waals surface area (Å²) in [7, 11) is 0. The van der Waals surface area contributed by atoms with Crippen LogP contribution >= 0.6 is 23.4 Å². The average Bonchev–Trinajstić information content (AvgIpc) is 2.71. The summed E-state index contributed by atoms with van der Waals surface area (Å²) in [5.74, 6) is -1.52. The first-order chi connectivity index (χ1) is 13.5. The van der Waals surface area contributed by atoms with Crippen LogP contribution in [0, 0.1) is 5.82 Å². The molecule has 2 amide bonds. The van der Waals surface area contributed by atoms with Gasteiger partial charge in [0.2, 0.25) is 0 Å². The van der Waals surface area contributed by atoms with Gasteiger partial charge in [-0.2, -0.15) is 0 Å². The number of halogens is 2. The van der Waals surface area contributed by atoms with Gasteiger partial charge in [-0.15, -0.1) is 11.8 Å². The van der Waals surface area contributed by atoms with Crippen molar-refractivity contribution in [2.24, 2.45) is 0 Å².